The van der Waals surface area contributed by atoms with E-state index in [1.165, 1.54) is 6.07 Å². The molecule has 1 aromatic rings. The van der Waals surface area contributed by atoms with Crippen molar-refractivity contribution in [3.8, 4) is 5.75 Å². The third-order valence-corrected chi connectivity index (χ3v) is 2.12. The van der Waals surface area contributed by atoms with Crippen LogP contribution in [-0.2, 0) is 0 Å². The van der Waals surface area contributed by atoms with Gasteiger partial charge in [0.15, 0.2) is 12.5 Å². The van der Waals surface area contributed by atoms with E-state index in [0.717, 1.165) is 6.54 Å². The molecule has 2 N–H and O–H groups in total. The lowest BCUT2D eigenvalue weighted by Crippen LogP contribution is -2.21. The van der Waals surface area contributed by atoms with E-state index < -0.39 is 0 Å². The van der Waals surface area contributed by atoms with Crippen LogP contribution in [0.1, 0.15) is 6.92 Å². The summed E-state index contributed by atoms with van der Waals surface area (Å²) in [5.41, 5.74) is 6.40. The van der Waals surface area contributed by atoms with Gasteiger partial charge in [0.05, 0.1) is 0 Å². The molecule has 4 heteroatoms. The first kappa shape index (κ1) is 8.16. The zero-order valence-corrected chi connectivity index (χ0v) is 7.38. The lowest BCUT2D eigenvalue weighted by molar-refractivity contribution is 0.348. The normalized spacial score (nSPS) is 14.2. The van der Waals surface area contributed by atoms with Crippen LogP contribution in [0.3, 0.4) is 0 Å². The van der Waals surface area contributed by atoms with Crippen LogP contribution < -0.4 is 15.4 Å². The molecule has 0 spiro atoms. The fourth-order valence-electron chi connectivity index (χ4n) is 1.47. The van der Waals surface area contributed by atoms with Gasteiger partial charge in [0.1, 0.15) is 11.4 Å². The standard InChI is InChI=1S/C9H11FN2O/c1-2-12-5-13-8-4-6(11)3-7(10)9(8)12/h3-4H,2,5,11H2,1H3. The molecule has 0 aromatic heterocycles. The van der Waals surface area contributed by atoms with Gasteiger partial charge >= 0.3 is 0 Å². The van der Waals surface area contributed by atoms with Gasteiger partial charge in [-0.1, -0.05) is 0 Å². The van der Waals surface area contributed by atoms with Gasteiger partial charge in [0.2, 0.25) is 0 Å². The summed E-state index contributed by atoms with van der Waals surface area (Å²) in [6.45, 7) is 3.09. The van der Waals surface area contributed by atoms with Crippen molar-refractivity contribution in [2.45, 2.75) is 6.92 Å². The molecule has 0 saturated carbocycles. The molecular formula is C9H11FN2O. The quantitative estimate of drug-likeness (QED) is 0.670. The molecule has 0 fully saturated rings. The van der Waals surface area contributed by atoms with Crippen molar-refractivity contribution >= 4 is 11.4 Å². The molecule has 70 valence electrons. The first-order valence-electron chi connectivity index (χ1n) is 4.19. The fourth-order valence-corrected chi connectivity index (χ4v) is 1.47. The lowest BCUT2D eigenvalue weighted by atomic mass is 10.2. The number of nitrogens with two attached hydrogens (primary N) is 1. The second kappa shape index (κ2) is 2.80. The second-order valence-electron chi connectivity index (χ2n) is 2.98. The summed E-state index contributed by atoms with van der Waals surface area (Å²) in [6, 6.07) is 2.96. The molecule has 2 rings (SSSR count). The van der Waals surface area contributed by atoms with Crippen LogP contribution in [0.25, 0.3) is 0 Å². The number of rotatable bonds is 1. The van der Waals surface area contributed by atoms with Crippen molar-refractivity contribution in [1.82, 2.24) is 0 Å². The fraction of sp³-hybridized carbons (Fsp3) is 0.333. The minimum Gasteiger partial charge on any atom is -0.471 e. The molecule has 0 unspecified atom stereocenters. The molecule has 0 radical (unpaired) electrons. The monoisotopic (exact) mass is 182 g/mol. The number of benzene rings is 1. The van der Waals surface area contributed by atoms with Crippen LogP contribution in [0.2, 0.25) is 0 Å². The molecule has 0 aliphatic carbocycles. The van der Waals surface area contributed by atoms with E-state index in [1.807, 2.05) is 11.8 Å². The summed E-state index contributed by atoms with van der Waals surface area (Å²) in [5.74, 6) is 0.230. The van der Waals surface area contributed by atoms with Gasteiger partial charge in [-0.15, -0.1) is 0 Å². The summed E-state index contributed by atoms with van der Waals surface area (Å²) in [7, 11) is 0. The number of hydrogen-bond donors (Lipinski definition) is 1. The van der Waals surface area contributed by atoms with Gasteiger partial charge in [-0.3, -0.25) is 0 Å². The molecule has 0 atom stereocenters. The van der Waals surface area contributed by atoms with Gasteiger partial charge in [-0.05, 0) is 13.0 Å². The maximum Gasteiger partial charge on any atom is 0.161 e. The van der Waals surface area contributed by atoms with E-state index in [-0.39, 0.29) is 5.82 Å². The Labute approximate surface area is 75.9 Å². The topological polar surface area (TPSA) is 38.5 Å². The van der Waals surface area contributed by atoms with E-state index in [2.05, 4.69) is 0 Å². The molecule has 0 bridgehead atoms. The van der Waals surface area contributed by atoms with Crippen molar-refractivity contribution in [3.63, 3.8) is 0 Å². The number of fused-ring (bicyclic) bond motifs is 1. The average molecular weight is 182 g/mol. The smallest absolute Gasteiger partial charge is 0.161 e. The number of halogens is 1. The van der Waals surface area contributed by atoms with E-state index in [0.29, 0.717) is 23.9 Å². The van der Waals surface area contributed by atoms with Gasteiger partial charge in [-0.25, -0.2) is 4.39 Å². The molecule has 1 heterocycles. The van der Waals surface area contributed by atoms with Crippen LogP contribution in [0.5, 0.6) is 5.75 Å². The highest BCUT2D eigenvalue weighted by atomic mass is 19.1. The summed E-state index contributed by atoms with van der Waals surface area (Å²) in [6.07, 6.45) is 0. The van der Waals surface area contributed by atoms with Gasteiger partial charge in [0.25, 0.3) is 0 Å². The van der Waals surface area contributed by atoms with Crippen molar-refractivity contribution in [3.05, 3.63) is 17.9 Å². The third kappa shape index (κ3) is 1.18. The SMILES string of the molecule is CCN1COc2cc(N)cc(F)c21. The largest absolute Gasteiger partial charge is 0.471 e. The Morgan fingerprint density at radius 3 is 3.08 bits per heavy atom. The van der Waals surface area contributed by atoms with Crippen molar-refractivity contribution < 1.29 is 9.13 Å². The summed E-state index contributed by atoms with van der Waals surface area (Å²) < 4.78 is 18.7. The van der Waals surface area contributed by atoms with E-state index in [1.54, 1.807) is 6.07 Å². The van der Waals surface area contributed by atoms with E-state index >= 15 is 0 Å². The van der Waals surface area contributed by atoms with Crippen LogP contribution >= 0.6 is 0 Å². The number of anilines is 2. The highest BCUT2D eigenvalue weighted by Crippen LogP contribution is 2.37. The Morgan fingerprint density at radius 2 is 2.38 bits per heavy atom. The maximum absolute atomic E-state index is 13.4. The van der Waals surface area contributed by atoms with Crippen molar-refractivity contribution in [1.29, 1.82) is 0 Å². The molecule has 13 heavy (non-hydrogen) atoms. The zero-order valence-electron chi connectivity index (χ0n) is 7.38. The number of nitrogen functional groups attached to an aromatic ring is 1. The summed E-state index contributed by atoms with van der Waals surface area (Å²) >= 11 is 0. The van der Waals surface area contributed by atoms with Crippen molar-refractivity contribution in [2.24, 2.45) is 0 Å². The first-order chi connectivity index (χ1) is 6.22. The van der Waals surface area contributed by atoms with Crippen LogP contribution in [0.15, 0.2) is 12.1 Å². The van der Waals surface area contributed by atoms with E-state index in [4.69, 9.17) is 10.5 Å². The van der Waals surface area contributed by atoms with Gasteiger partial charge < -0.3 is 15.4 Å². The second-order valence-corrected chi connectivity index (χ2v) is 2.98. The number of hydrogen-bond acceptors (Lipinski definition) is 3. The highest BCUT2D eigenvalue weighted by Gasteiger charge is 2.23. The Balaban J connectivity index is 2.51. The lowest BCUT2D eigenvalue weighted by Gasteiger charge is -2.13. The minimum atomic E-state index is -0.311. The first-order valence-corrected chi connectivity index (χ1v) is 4.19. The molecule has 1 aliphatic heterocycles. The minimum absolute atomic E-state index is 0.311. The predicted octanol–water partition coefficient (Wildman–Crippen LogP) is 1.58. The molecule has 1 aliphatic rings. The summed E-state index contributed by atoms with van der Waals surface area (Å²) in [4.78, 5) is 1.82. The molecule has 3 nitrogen and oxygen atoms in total. The molecule has 1 aromatic carbocycles. The molecule has 0 amide bonds. The van der Waals surface area contributed by atoms with Crippen molar-refractivity contribution in [2.75, 3.05) is 23.9 Å². The average Bonchev–Trinajstić information content (AvgIpc) is 2.47. The van der Waals surface area contributed by atoms with Crippen LogP contribution in [0, 0.1) is 5.82 Å². The highest BCUT2D eigenvalue weighted by molar-refractivity contribution is 5.67. The Morgan fingerprint density at radius 1 is 1.62 bits per heavy atom. The van der Waals surface area contributed by atoms with E-state index in [9.17, 15) is 4.39 Å². The number of nitrogens with zero attached hydrogens (tertiary/aromatic N) is 1. The predicted molar refractivity (Wildman–Crippen MR) is 49.3 cm³/mol. The molecular weight excluding hydrogens is 171 g/mol. The van der Waals surface area contributed by atoms with Gasteiger partial charge in [-0.2, -0.15) is 0 Å². The Hall–Kier alpha value is -1.45. The van der Waals surface area contributed by atoms with Gasteiger partial charge in [0, 0.05) is 18.3 Å². The summed E-state index contributed by atoms with van der Waals surface area (Å²) in [5, 5.41) is 0. The van der Waals surface area contributed by atoms with Crippen LogP contribution in [0.4, 0.5) is 15.8 Å². The third-order valence-electron chi connectivity index (χ3n) is 2.12. The Kier molecular flexibility index (Phi) is 1.76. The molecule has 0 saturated heterocycles. The van der Waals surface area contributed by atoms with Crippen LogP contribution in [-0.4, -0.2) is 13.3 Å². The Bertz CT molecular complexity index is 341. The number of ether oxygens (including phenoxy) is 1. The maximum atomic E-state index is 13.4. The zero-order chi connectivity index (χ0) is 9.42.